The standard InChI is InChI=1S/C21H26N2O5/c1-6-21(4,5)23-10-13-7-14(12(2)3)19(28-27)8-15(13)17-9-18(24)16(20(25)26)11-22(17)23/h7-9,11-12,27H,6,10H2,1-5H3,(H,25,26). The summed E-state index contributed by atoms with van der Waals surface area (Å²) in [6.07, 6.45) is 2.21. The first-order chi connectivity index (χ1) is 13.1. The highest BCUT2D eigenvalue weighted by Crippen LogP contribution is 2.39. The van der Waals surface area contributed by atoms with E-state index < -0.39 is 11.4 Å². The summed E-state index contributed by atoms with van der Waals surface area (Å²) in [5.74, 6) is -0.785. The normalized spacial score (nSPS) is 13.3. The van der Waals surface area contributed by atoms with Gasteiger partial charge in [0.15, 0.2) is 11.2 Å². The highest BCUT2D eigenvalue weighted by molar-refractivity contribution is 5.88. The van der Waals surface area contributed by atoms with Gasteiger partial charge in [-0.15, -0.1) is 0 Å². The second-order valence-electron chi connectivity index (χ2n) is 8.10. The maximum Gasteiger partial charge on any atom is 0.341 e. The summed E-state index contributed by atoms with van der Waals surface area (Å²) >= 11 is 0. The van der Waals surface area contributed by atoms with Gasteiger partial charge in [-0.05, 0) is 43.9 Å². The molecule has 0 unspecified atom stereocenters. The van der Waals surface area contributed by atoms with Crippen molar-refractivity contribution in [2.24, 2.45) is 0 Å². The molecule has 7 heteroatoms. The Kier molecular flexibility index (Phi) is 4.97. The van der Waals surface area contributed by atoms with Crippen LogP contribution in [-0.2, 0) is 6.54 Å². The molecule has 2 N–H and O–H groups in total. The van der Waals surface area contributed by atoms with Gasteiger partial charge < -0.3 is 15.0 Å². The van der Waals surface area contributed by atoms with E-state index in [-0.39, 0.29) is 17.0 Å². The predicted molar refractivity (Wildman–Crippen MR) is 107 cm³/mol. The minimum absolute atomic E-state index is 0.138. The number of aromatic carboxylic acids is 1. The summed E-state index contributed by atoms with van der Waals surface area (Å²) < 4.78 is 1.74. The molecule has 0 radical (unpaired) electrons. The highest BCUT2D eigenvalue weighted by Gasteiger charge is 2.33. The Balaban J connectivity index is 2.34. The number of hydrogen-bond acceptors (Lipinski definition) is 5. The molecule has 0 saturated carbocycles. The van der Waals surface area contributed by atoms with Crippen molar-refractivity contribution in [1.29, 1.82) is 0 Å². The van der Waals surface area contributed by atoms with Gasteiger partial charge in [-0.3, -0.25) is 9.47 Å². The zero-order valence-corrected chi connectivity index (χ0v) is 16.8. The van der Waals surface area contributed by atoms with Gasteiger partial charge in [0, 0.05) is 23.4 Å². The van der Waals surface area contributed by atoms with Crippen LogP contribution in [-0.4, -0.2) is 26.5 Å². The number of carboxylic acid groups (broad SMARTS) is 1. The van der Waals surface area contributed by atoms with Crippen molar-refractivity contribution >= 4 is 5.97 Å². The molecule has 0 amide bonds. The van der Waals surface area contributed by atoms with Crippen LogP contribution in [0.1, 0.15) is 68.4 Å². The van der Waals surface area contributed by atoms with Crippen LogP contribution < -0.4 is 15.3 Å². The van der Waals surface area contributed by atoms with Crippen molar-refractivity contribution < 1.29 is 20.0 Å². The van der Waals surface area contributed by atoms with Crippen molar-refractivity contribution in [2.75, 3.05) is 5.01 Å². The lowest BCUT2D eigenvalue weighted by Crippen LogP contribution is -2.52. The van der Waals surface area contributed by atoms with Crippen molar-refractivity contribution in [3.63, 3.8) is 0 Å². The molecule has 7 nitrogen and oxygen atoms in total. The number of aromatic nitrogens is 1. The number of benzene rings is 1. The fraction of sp³-hybridized carbons (Fsp3) is 0.429. The number of rotatable bonds is 5. The number of hydrogen-bond donors (Lipinski definition) is 2. The molecule has 3 rings (SSSR count). The largest absolute Gasteiger partial charge is 0.477 e. The summed E-state index contributed by atoms with van der Waals surface area (Å²) in [7, 11) is 0. The minimum atomic E-state index is -1.25. The molecule has 1 aliphatic rings. The second-order valence-corrected chi connectivity index (χ2v) is 8.10. The molecule has 2 heterocycles. The SMILES string of the molecule is CCC(C)(C)N1Cc2cc(C(C)C)c(OO)cc2-c2cc(=O)c(C(=O)O)cn21. The monoisotopic (exact) mass is 386 g/mol. The molecule has 1 aromatic heterocycles. The molecular formula is C21H26N2O5. The Labute approximate surface area is 163 Å². The third-order valence-corrected chi connectivity index (χ3v) is 5.64. The van der Waals surface area contributed by atoms with E-state index in [0.717, 1.165) is 23.1 Å². The van der Waals surface area contributed by atoms with E-state index in [0.29, 0.717) is 18.0 Å². The van der Waals surface area contributed by atoms with E-state index in [4.69, 9.17) is 0 Å². The number of carbonyl (C=O) groups is 1. The topological polar surface area (TPSA) is 92.0 Å². The van der Waals surface area contributed by atoms with Crippen LogP contribution in [0, 0.1) is 0 Å². The van der Waals surface area contributed by atoms with Crippen molar-refractivity contribution in [2.45, 2.75) is 59.0 Å². The summed E-state index contributed by atoms with van der Waals surface area (Å²) in [5.41, 5.74) is 2.07. The fourth-order valence-corrected chi connectivity index (χ4v) is 3.55. The van der Waals surface area contributed by atoms with Gasteiger partial charge in [0.1, 0.15) is 5.56 Å². The molecule has 150 valence electrons. The number of fused-ring (bicyclic) bond motifs is 3. The van der Waals surface area contributed by atoms with Crippen LogP contribution in [0.25, 0.3) is 11.3 Å². The molecule has 2 aromatic rings. The van der Waals surface area contributed by atoms with Gasteiger partial charge in [0.25, 0.3) is 0 Å². The van der Waals surface area contributed by atoms with Crippen LogP contribution in [0.15, 0.2) is 29.2 Å². The molecule has 0 saturated heterocycles. The lowest BCUT2D eigenvalue weighted by atomic mass is 9.91. The first kappa shape index (κ1) is 19.9. The average Bonchev–Trinajstić information content (AvgIpc) is 2.65. The molecule has 1 aromatic carbocycles. The molecule has 28 heavy (non-hydrogen) atoms. The Morgan fingerprint density at radius 1 is 1.29 bits per heavy atom. The van der Waals surface area contributed by atoms with Crippen molar-refractivity contribution in [3.8, 4) is 17.0 Å². The van der Waals surface area contributed by atoms with E-state index in [1.165, 1.54) is 12.3 Å². The first-order valence-corrected chi connectivity index (χ1v) is 9.37. The second kappa shape index (κ2) is 6.98. The van der Waals surface area contributed by atoms with Crippen LogP contribution in [0.3, 0.4) is 0 Å². The summed E-state index contributed by atoms with van der Waals surface area (Å²) in [6.45, 7) is 10.8. The van der Waals surface area contributed by atoms with Gasteiger partial charge in [-0.25, -0.2) is 10.1 Å². The van der Waals surface area contributed by atoms with E-state index in [9.17, 15) is 20.0 Å². The molecule has 0 aliphatic carbocycles. The molecule has 0 bridgehead atoms. The molecular weight excluding hydrogens is 360 g/mol. The Bertz CT molecular complexity index is 991. The zero-order valence-electron chi connectivity index (χ0n) is 16.8. The van der Waals surface area contributed by atoms with Crippen LogP contribution in [0.2, 0.25) is 0 Å². The maximum absolute atomic E-state index is 12.4. The lowest BCUT2D eigenvalue weighted by Gasteiger charge is -2.45. The van der Waals surface area contributed by atoms with Crippen molar-refractivity contribution in [1.82, 2.24) is 4.68 Å². The number of nitrogens with zero attached hydrogens (tertiary/aromatic N) is 2. The van der Waals surface area contributed by atoms with Crippen LogP contribution >= 0.6 is 0 Å². The maximum atomic E-state index is 12.4. The number of carboxylic acids is 1. The predicted octanol–water partition coefficient (Wildman–Crippen LogP) is 3.83. The molecule has 1 aliphatic heterocycles. The third kappa shape index (κ3) is 3.16. The lowest BCUT2D eigenvalue weighted by molar-refractivity contribution is -0.138. The van der Waals surface area contributed by atoms with E-state index >= 15 is 0 Å². The smallest absolute Gasteiger partial charge is 0.341 e. The van der Waals surface area contributed by atoms with Crippen molar-refractivity contribution in [3.05, 3.63) is 51.3 Å². The number of pyridine rings is 1. The van der Waals surface area contributed by atoms with Gasteiger partial charge in [0.2, 0.25) is 0 Å². The van der Waals surface area contributed by atoms with Gasteiger partial charge >= 0.3 is 5.97 Å². The quantitative estimate of drug-likeness (QED) is 0.599. The molecule has 0 spiro atoms. The molecule has 0 fully saturated rings. The average molecular weight is 386 g/mol. The Hall–Kier alpha value is -2.80. The zero-order chi connectivity index (χ0) is 20.8. The summed E-state index contributed by atoms with van der Waals surface area (Å²) in [5, 5.41) is 20.8. The fourth-order valence-electron chi connectivity index (χ4n) is 3.55. The van der Waals surface area contributed by atoms with Gasteiger partial charge in [-0.1, -0.05) is 20.8 Å². The summed E-state index contributed by atoms with van der Waals surface area (Å²) in [4.78, 5) is 28.5. The Morgan fingerprint density at radius 3 is 2.50 bits per heavy atom. The third-order valence-electron chi connectivity index (χ3n) is 5.64. The first-order valence-electron chi connectivity index (χ1n) is 9.37. The highest BCUT2D eigenvalue weighted by atomic mass is 17.1. The van der Waals surface area contributed by atoms with E-state index in [1.54, 1.807) is 10.7 Å². The van der Waals surface area contributed by atoms with Crippen LogP contribution in [0.5, 0.6) is 5.75 Å². The Morgan fingerprint density at radius 2 is 1.96 bits per heavy atom. The summed E-state index contributed by atoms with van der Waals surface area (Å²) in [6, 6.07) is 5.05. The van der Waals surface area contributed by atoms with E-state index in [1.807, 2.05) is 19.9 Å². The van der Waals surface area contributed by atoms with Gasteiger partial charge in [-0.2, -0.15) is 0 Å². The van der Waals surface area contributed by atoms with Crippen LogP contribution in [0.4, 0.5) is 0 Å². The molecule has 0 atom stereocenters. The van der Waals surface area contributed by atoms with E-state index in [2.05, 4.69) is 30.7 Å². The van der Waals surface area contributed by atoms with Gasteiger partial charge in [0.05, 0.1) is 17.8 Å². The minimum Gasteiger partial charge on any atom is -0.477 e.